The number of fused-ring (bicyclic) bond motifs is 1. The van der Waals surface area contributed by atoms with Gasteiger partial charge in [-0.15, -0.1) is 0 Å². The van der Waals surface area contributed by atoms with Crippen molar-refractivity contribution < 1.29 is 0 Å². The number of aromatic nitrogens is 1. The van der Waals surface area contributed by atoms with Crippen LogP contribution in [0.5, 0.6) is 0 Å². The molecule has 3 heteroatoms. The van der Waals surface area contributed by atoms with E-state index in [9.17, 15) is 0 Å². The van der Waals surface area contributed by atoms with Crippen LogP contribution in [-0.4, -0.2) is 24.4 Å². The molecule has 14 heavy (non-hydrogen) atoms. The summed E-state index contributed by atoms with van der Waals surface area (Å²) in [4.78, 5) is 9.70. The second kappa shape index (κ2) is 2.87. The van der Waals surface area contributed by atoms with Gasteiger partial charge in [-0.1, -0.05) is 18.2 Å². The molecule has 3 nitrogen and oxygen atoms in total. The summed E-state index contributed by atoms with van der Waals surface area (Å²) in [5.74, 6) is 1.13. The monoisotopic (exact) mass is 185 g/mol. The van der Waals surface area contributed by atoms with Crippen LogP contribution >= 0.6 is 0 Å². The van der Waals surface area contributed by atoms with E-state index >= 15 is 0 Å². The van der Waals surface area contributed by atoms with Crippen molar-refractivity contribution in [2.75, 3.05) is 18.0 Å². The van der Waals surface area contributed by atoms with Crippen LogP contribution in [0.1, 0.15) is 0 Å². The molecular formula is C11H11N3. The van der Waals surface area contributed by atoms with Crippen LogP contribution < -0.4 is 4.90 Å². The van der Waals surface area contributed by atoms with E-state index in [0.29, 0.717) is 0 Å². The lowest BCUT2D eigenvalue weighted by Crippen LogP contribution is -2.18. The molecule has 0 saturated carbocycles. The molecule has 0 bridgehead atoms. The molecule has 0 unspecified atom stereocenters. The van der Waals surface area contributed by atoms with Crippen molar-refractivity contribution in [1.82, 2.24) is 4.98 Å². The summed E-state index contributed by atoms with van der Waals surface area (Å²) >= 11 is 0. The fraction of sp³-hybridized carbons (Fsp3) is 0.182. The van der Waals surface area contributed by atoms with E-state index < -0.39 is 0 Å². The Morgan fingerprint density at radius 3 is 3.00 bits per heavy atom. The number of aliphatic imine (C=N–C) groups is 1. The molecule has 0 saturated heterocycles. The Kier molecular flexibility index (Phi) is 1.56. The van der Waals surface area contributed by atoms with Gasteiger partial charge in [0, 0.05) is 17.4 Å². The summed E-state index contributed by atoms with van der Waals surface area (Å²) < 4.78 is 0. The van der Waals surface area contributed by atoms with E-state index in [1.807, 2.05) is 12.4 Å². The topological polar surface area (TPSA) is 31.4 Å². The summed E-state index contributed by atoms with van der Waals surface area (Å²) in [7, 11) is 0. The molecule has 1 aliphatic heterocycles. The summed E-state index contributed by atoms with van der Waals surface area (Å²) in [6.45, 7) is 1.88. The van der Waals surface area contributed by atoms with Crippen LogP contribution in [0.2, 0.25) is 0 Å². The molecule has 70 valence electrons. The average molecular weight is 185 g/mol. The molecule has 0 amide bonds. The molecular weight excluding hydrogens is 174 g/mol. The Labute approximate surface area is 82.1 Å². The normalized spacial score (nSPS) is 15.6. The first-order chi connectivity index (χ1) is 6.93. The van der Waals surface area contributed by atoms with Crippen molar-refractivity contribution in [3.8, 4) is 0 Å². The Morgan fingerprint density at radius 2 is 2.21 bits per heavy atom. The largest absolute Gasteiger partial charge is 0.341 e. The Bertz CT molecular complexity index is 451. The van der Waals surface area contributed by atoms with Crippen LogP contribution in [0.4, 0.5) is 5.82 Å². The first kappa shape index (κ1) is 7.62. The molecule has 0 radical (unpaired) electrons. The third-order valence-corrected chi connectivity index (χ3v) is 2.52. The van der Waals surface area contributed by atoms with E-state index in [1.165, 1.54) is 10.9 Å². The number of para-hydroxylation sites is 1. The van der Waals surface area contributed by atoms with Crippen LogP contribution in [0.3, 0.4) is 0 Å². The van der Waals surface area contributed by atoms with Crippen molar-refractivity contribution in [3.63, 3.8) is 0 Å². The van der Waals surface area contributed by atoms with Crippen LogP contribution in [0, 0.1) is 0 Å². The smallest absolute Gasteiger partial charge is 0.112 e. The van der Waals surface area contributed by atoms with Gasteiger partial charge in [0.25, 0.3) is 0 Å². The highest BCUT2D eigenvalue weighted by molar-refractivity contribution is 5.89. The van der Waals surface area contributed by atoms with E-state index in [0.717, 1.165) is 18.9 Å². The molecule has 2 aromatic rings. The highest BCUT2D eigenvalue weighted by Crippen LogP contribution is 2.21. The molecule has 1 aromatic heterocycles. The Hall–Kier alpha value is -1.77. The Balaban J connectivity index is 2.09. The lowest BCUT2D eigenvalue weighted by Gasteiger charge is -2.09. The maximum Gasteiger partial charge on any atom is 0.112 e. The predicted molar refractivity (Wildman–Crippen MR) is 59.0 cm³/mol. The van der Waals surface area contributed by atoms with Crippen LogP contribution in [-0.2, 0) is 0 Å². The zero-order valence-electron chi connectivity index (χ0n) is 7.77. The lowest BCUT2D eigenvalue weighted by molar-refractivity contribution is 1.01. The molecule has 1 N–H and O–H groups in total. The zero-order chi connectivity index (χ0) is 9.38. The number of rotatable bonds is 1. The maximum absolute atomic E-state index is 4.19. The average Bonchev–Trinajstić information content (AvgIpc) is 2.86. The van der Waals surface area contributed by atoms with Gasteiger partial charge in [-0.3, -0.25) is 4.99 Å². The number of nitrogens with one attached hydrogen (secondary N) is 1. The highest BCUT2D eigenvalue weighted by atomic mass is 15.2. The number of benzene rings is 1. The van der Waals surface area contributed by atoms with Gasteiger partial charge in [-0.25, -0.2) is 0 Å². The second-order valence-electron chi connectivity index (χ2n) is 3.46. The van der Waals surface area contributed by atoms with Gasteiger partial charge in [-0.05, 0) is 12.1 Å². The van der Waals surface area contributed by atoms with Gasteiger partial charge >= 0.3 is 0 Å². The third kappa shape index (κ3) is 1.09. The number of H-pyrrole nitrogens is 1. The molecule has 0 atom stereocenters. The third-order valence-electron chi connectivity index (χ3n) is 2.52. The second-order valence-corrected chi connectivity index (χ2v) is 3.46. The van der Waals surface area contributed by atoms with Gasteiger partial charge in [0.1, 0.15) is 5.82 Å². The summed E-state index contributed by atoms with van der Waals surface area (Å²) in [5.41, 5.74) is 1.18. The fourth-order valence-electron chi connectivity index (χ4n) is 1.77. The quantitative estimate of drug-likeness (QED) is 0.724. The number of hydrogen-bond donors (Lipinski definition) is 1. The van der Waals surface area contributed by atoms with E-state index in [-0.39, 0.29) is 0 Å². The highest BCUT2D eigenvalue weighted by Gasteiger charge is 2.09. The number of nitrogens with zero attached hydrogens (tertiary/aromatic N) is 2. The first-order valence-electron chi connectivity index (χ1n) is 4.78. The van der Waals surface area contributed by atoms with Crippen LogP contribution in [0.25, 0.3) is 10.9 Å². The van der Waals surface area contributed by atoms with Gasteiger partial charge in [0.05, 0.1) is 12.9 Å². The van der Waals surface area contributed by atoms with E-state index in [2.05, 4.69) is 39.1 Å². The molecule has 0 spiro atoms. The minimum absolute atomic E-state index is 0.898. The minimum Gasteiger partial charge on any atom is -0.341 e. The number of hydrogen-bond acceptors (Lipinski definition) is 2. The lowest BCUT2D eigenvalue weighted by atomic mass is 10.2. The summed E-state index contributed by atoms with van der Waals surface area (Å²) in [6.07, 6.45) is 1.89. The summed E-state index contributed by atoms with van der Waals surface area (Å²) in [5, 5.41) is 1.25. The molecule has 1 aromatic carbocycles. The summed E-state index contributed by atoms with van der Waals surface area (Å²) in [6, 6.07) is 10.5. The van der Waals surface area contributed by atoms with Gasteiger partial charge < -0.3 is 9.88 Å². The van der Waals surface area contributed by atoms with Gasteiger partial charge in [0.15, 0.2) is 0 Å². The van der Waals surface area contributed by atoms with Crippen LogP contribution in [0.15, 0.2) is 35.3 Å². The van der Waals surface area contributed by atoms with E-state index in [4.69, 9.17) is 0 Å². The van der Waals surface area contributed by atoms with Crippen molar-refractivity contribution in [3.05, 3.63) is 30.3 Å². The van der Waals surface area contributed by atoms with Gasteiger partial charge in [-0.2, -0.15) is 0 Å². The number of anilines is 1. The van der Waals surface area contributed by atoms with E-state index in [1.54, 1.807) is 0 Å². The van der Waals surface area contributed by atoms with Crippen molar-refractivity contribution in [2.45, 2.75) is 0 Å². The van der Waals surface area contributed by atoms with Gasteiger partial charge in [0.2, 0.25) is 0 Å². The molecule has 0 fully saturated rings. The van der Waals surface area contributed by atoms with Crippen molar-refractivity contribution in [2.24, 2.45) is 4.99 Å². The standard InChI is InChI=1S/C11H11N3/c1-2-4-10-9(3-1)7-11(13-10)14-6-5-12-8-14/h1-4,7-8,13H,5-6H2. The maximum atomic E-state index is 4.19. The SMILES string of the molecule is C1=NCCN1c1cc2ccccc2[nH]1. The fourth-order valence-corrected chi connectivity index (χ4v) is 1.77. The van der Waals surface area contributed by atoms with Crippen molar-refractivity contribution >= 4 is 23.1 Å². The molecule has 1 aliphatic rings. The molecule has 2 heterocycles. The zero-order valence-corrected chi connectivity index (χ0v) is 7.77. The number of aromatic amines is 1. The first-order valence-corrected chi connectivity index (χ1v) is 4.78. The minimum atomic E-state index is 0.898. The Morgan fingerprint density at radius 1 is 1.29 bits per heavy atom. The molecule has 0 aliphatic carbocycles. The predicted octanol–water partition coefficient (Wildman–Crippen LogP) is 2.02. The van der Waals surface area contributed by atoms with Crippen molar-refractivity contribution in [1.29, 1.82) is 0 Å². The molecule has 3 rings (SSSR count).